The molecule has 2 heterocycles. The third-order valence-corrected chi connectivity index (χ3v) is 7.44. The Hall–Kier alpha value is -2.63. The van der Waals surface area contributed by atoms with E-state index in [4.69, 9.17) is 9.47 Å². The summed E-state index contributed by atoms with van der Waals surface area (Å²) in [6.07, 6.45) is 1.60. The Labute approximate surface area is 172 Å². The highest BCUT2D eigenvalue weighted by Crippen LogP contribution is 2.28. The van der Waals surface area contributed by atoms with Gasteiger partial charge in [0.15, 0.2) is 11.5 Å². The number of hydrazine groups is 1. The van der Waals surface area contributed by atoms with Gasteiger partial charge in [-0.25, -0.2) is 8.42 Å². The van der Waals surface area contributed by atoms with Crippen molar-refractivity contribution in [1.82, 2.24) is 15.2 Å². The molecule has 9 nitrogen and oxygen atoms in total. The quantitative estimate of drug-likeness (QED) is 0.661. The number of nitrogens with zero attached hydrogens (tertiary/aromatic N) is 1. The molecule has 1 aromatic carbocycles. The zero-order chi connectivity index (χ0) is 21.0. The Morgan fingerprint density at radius 2 is 1.66 bits per heavy atom. The van der Waals surface area contributed by atoms with E-state index >= 15 is 0 Å². The van der Waals surface area contributed by atoms with Crippen LogP contribution in [-0.4, -0.2) is 51.8 Å². The van der Waals surface area contributed by atoms with Gasteiger partial charge in [0.05, 0.1) is 14.2 Å². The van der Waals surface area contributed by atoms with Crippen LogP contribution < -0.4 is 20.3 Å². The van der Waals surface area contributed by atoms with Crippen LogP contribution in [0, 0.1) is 0 Å². The summed E-state index contributed by atoms with van der Waals surface area (Å²) in [4.78, 5) is 24.8. The molecule has 1 saturated heterocycles. The lowest BCUT2D eigenvalue weighted by Crippen LogP contribution is -2.42. The number of rotatable bonds is 6. The van der Waals surface area contributed by atoms with Gasteiger partial charge in [0, 0.05) is 18.7 Å². The zero-order valence-electron chi connectivity index (χ0n) is 15.9. The Morgan fingerprint density at radius 3 is 2.31 bits per heavy atom. The number of amides is 2. The first kappa shape index (κ1) is 21.1. The molecule has 0 radical (unpaired) electrons. The van der Waals surface area contributed by atoms with Crippen LogP contribution in [0.1, 0.15) is 32.9 Å². The van der Waals surface area contributed by atoms with Crippen molar-refractivity contribution < 1.29 is 27.5 Å². The molecule has 0 bridgehead atoms. The van der Waals surface area contributed by atoms with E-state index in [2.05, 4.69) is 10.9 Å². The van der Waals surface area contributed by atoms with E-state index < -0.39 is 21.8 Å². The van der Waals surface area contributed by atoms with Gasteiger partial charge in [-0.3, -0.25) is 20.4 Å². The van der Waals surface area contributed by atoms with E-state index in [0.717, 1.165) is 24.2 Å². The maximum atomic E-state index is 12.8. The molecule has 11 heteroatoms. The van der Waals surface area contributed by atoms with Crippen LogP contribution >= 0.6 is 11.3 Å². The van der Waals surface area contributed by atoms with Crippen molar-refractivity contribution in [2.24, 2.45) is 0 Å². The smallest absolute Gasteiger partial charge is 0.281 e. The Bertz CT molecular complexity index is 1010. The Morgan fingerprint density at radius 1 is 1.00 bits per heavy atom. The fraction of sp³-hybridized carbons (Fsp3) is 0.333. The lowest BCUT2D eigenvalue weighted by Gasteiger charge is -2.15. The van der Waals surface area contributed by atoms with Gasteiger partial charge in [-0.05, 0) is 42.5 Å². The first-order chi connectivity index (χ1) is 13.9. The Kier molecular flexibility index (Phi) is 6.40. The van der Waals surface area contributed by atoms with Crippen LogP contribution in [0.15, 0.2) is 34.5 Å². The lowest BCUT2D eigenvalue weighted by atomic mass is 10.2. The molecule has 156 valence electrons. The molecule has 2 amide bonds. The topological polar surface area (TPSA) is 114 Å². The number of hydrogen-bond acceptors (Lipinski definition) is 7. The summed E-state index contributed by atoms with van der Waals surface area (Å²) in [7, 11) is -0.815. The molecule has 1 aliphatic rings. The molecule has 2 N–H and O–H groups in total. The fourth-order valence-electron chi connectivity index (χ4n) is 2.95. The molecule has 1 aromatic heterocycles. The highest BCUT2D eigenvalue weighted by molar-refractivity contribution is 7.89. The van der Waals surface area contributed by atoms with Crippen molar-refractivity contribution >= 4 is 33.2 Å². The second kappa shape index (κ2) is 8.80. The van der Waals surface area contributed by atoms with E-state index in [1.54, 1.807) is 6.07 Å². The first-order valence-corrected chi connectivity index (χ1v) is 11.1. The standard InChI is InChI=1S/C18H21N3O6S2/c1-26-13-6-5-12(11-14(13)27-2)17(22)19-20-18(23)16-15(7-10-28-16)29(24,25)21-8-3-4-9-21/h5-7,10-11H,3-4,8-9H2,1-2H3,(H,19,22)(H,20,23). The summed E-state index contributed by atoms with van der Waals surface area (Å²) < 4.78 is 37.1. The highest BCUT2D eigenvalue weighted by atomic mass is 32.2. The number of sulfonamides is 1. The monoisotopic (exact) mass is 439 g/mol. The molecule has 29 heavy (non-hydrogen) atoms. The van der Waals surface area contributed by atoms with Crippen LogP contribution in [0.3, 0.4) is 0 Å². The molecule has 1 aliphatic heterocycles. The summed E-state index contributed by atoms with van der Waals surface area (Å²) in [5.74, 6) is -0.460. The molecule has 0 aliphatic carbocycles. The summed E-state index contributed by atoms with van der Waals surface area (Å²) in [6.45, 7) is 0.880. The average Bonchev–Trinajstić information content (AvgIpc) is 3.43. The van der Waals surface area contributed by atoms with Gasteiger partial charge in [-0.15, -0.1) is 11.3 Å². The summed E-state index contributed by atoms with van der Waals surface area (Å²) in [5.41, 5.74) is 4.79. The van der Waals surface area contributed by atoms with E-state index in [9.17, 15) is 18.0 Å². The number of methoxy groups -OCH3 is 2. The van der Waals surface area contributed by atoms with Gasteiger partial charge in [0.25, 0.3) is 11.8 Å². The molecule has 2 aromatic rings. The van der Waals surface area contributed by atoms with Crippen LogP contribution in [-0.2, 0) is 10.0 Å². The average molecular weight is 440 g/mol. The zero-order valence-corrected chi connectivity index (χ0v) is 17.6. The SMILES string of the molecule is COc1ccc(C(=O)NNC(=O)c2sccc2S(=O)(=O)N2CCCC2)cc1OC. The van der Waals surface area contributed by atoms with Gasteiger partial charge in [-0.2, -0.15) is 4.31 Å². The van der Waals surface area contributed by atoms with Crippen molar-refractivity contribution in [3.63, 3.8) is 0 Å². The van der Waals surface area contributed by atoms with Crippen LogP contribution in [0.2, 0.25) is 0 Å². The number of thiophene rings is 1. The van der Waals surface area contributed by atoms with Crippen molar-refractivity contribution in [1.29, 1.82) is 0 Å². The second-order valence-corrected chi connectivity index (χ2v) is 9.03. The number of hydrogen-bond donors (Lipinski definition) is 2. The van der Waals surface area contributed by atoms with Gasteiger partial charge in [0.2, 0.25) is 10.0 Å². The molecule has 0 unspecified atom stereocenters. The minimum absolute atomic E-state index is 0.0181. The first-order valence-electron chi connectivity index (χ1n) is 8.79. The minimum atomic E-state index is -3.74. The van der Waals surface area contributed by atoms with Crippen LogP contribution in [0.25, 0.3) is 0 Å². The largest absolute Gasteiger partial charge is 0.493 e. The lowest BCUT2D eigenvalue weighted by molar-refractivity contribution is 0.0847. The van der Waals surface area contributed by atoms with Crippen LogP contribution in [0.5, 0.6) is 11.5 Å². The van der Waals surface area contributed by atoms with Crippen LogP contribution in [0.4, 0.5) is 0 Å². The van der Waals surface area contributed by atoms with E-state index in [1.165, 1.54) is 42.1 Å². The molecule has 0 spiro atoms. The summed E-state index contributed by atoms with van der Waals surface area (Å²) >= 11 is 0.996. The van der Waals surface area contributed by atoms with Crippen molar-refractivity contribution in [2.75, 3.05) is 27.3 Å². The minimum Gasteiger partial charge on any atom is -0.493 e. The third kappa shape index (κ3) is 4.36. The van der Waals surface area contributed by atoms with Crippen molar-refractivity contribution in [3.8, 4) is 11.5 Å². The summed E-state index contributed by atoms with van der Waals surface area (Å²) in [5, 5.41) is 1.54. The maximum Gasteiger partial charge on any atom is 0.281 e. The summed E-state index contributed by atoms with van der Waals surface area (Å²) in [6, 6.07) is 5.95. The Balaban J connectivity index is 1.71. The number of benzene rings is 1. The molecule has 0 saturated carbocycles. The number of carbonyl (C=O) groups excluding carboxylic acids is 2. The van der Waals surface area contributed by atoms with E-state index in [0.29, 0.717) is 24.6 Å². The predicted octanol–water partition coefficient (Wildman–Crippen LogP) is 1.62. The molecular weight excluding hydrogens is 418 g/mol. The van der Waals surface area contributed by atoms with Gasteiger partial charge in [-0.1, -0.05) is 0 Å². The number of nitrogens with one attached hydrogen (secondary N) is 2. The van der Waals surface area contributed by atoms with Gasteiger partial charge >= 0.3 is 0 Å². The molecule has 1 fully saturated rings. The van der Waals surface area contributed by atoms with Gasteiger partial charge in [0.1, 0.15) is 9.77 Å². The maximum absolute atomic E-state index is 12.8. The van der Waals surface area contributed by atoms with Gasteiger partial charge < -0.3 is 9.47 Å². The second-order valence-electron chi connectivity index (χ2n) is 6.20. The fourth-order valence-corrected chi connectivity index (χ4v) is 5.77. The molecular formula is C18H21N3O6S2. The normalized spacial score (nSPS) is 14.4. The van der Waals surface area contributed by atoms with Crippen molar-refractivity contribution in [3.05, 3.63) is 40.1 Å². The molecule has 3 rings (SSSR count). The molecule has 0 atom stereocenters. The van der Waals surface area contributed by atoms with E-state index in [1.807, 2.05) is 0 Å². The van der Waals surface area contributed by atoms with E-state index in [-0.39, 0.29) is 15.3 Å². The van der Waals surface area contributed by atoms with Crippen molar-refractivity contribution in [2.45, 2.75) is 17.7 Å². The number of ether oxygens (including phenoxy) is 2. The number of carbonyl (C=O) groups is 2. The predicted molar refractivity (Wildman–Crippen MR) is 107 cm³/mol. The highest BCUT2D eigenvalue weighted by Gasteiger charge is 2.32. The third-order valence-electron chi connectivity index (χ3n) is 4.45.